The molecular weight excluding hydrogens is 1190 g/mol. The van der Waals surface area contributed by atoms with E-state index < -0.39 is 98.8 Å². The molecule has 3 heterocycles. The lowest BCUT2D eigenvalue weighted by atomic mass is 10.1. The van der Waals surface area contributed by atoms with Crippen LogP contribution in [0, 0.1) is 32.1 Å². The fourth-order valence-electron chi connectivity index (χ4n) is 8.23. The van der Waals surface area contributed by atoms with E-state index in [9.17, 15) is 75.2 Å². The molecule has 6 N–H and O–H groups in total. The highest BCUT2D eigenvalue weighted by molar-refractivity contribution is 7.99. The van der Waals surface area contributed by atoms with Gasteiger partial charge in [-0.15, -0.1) is 37.3 Å². The molecule has 0 aliphatic heterocycles. The van der Waals surface area contributed by atoms with Crippen LogP contribution in [0.2, 0.25) is 0 Å². The quantitative estimate of drug-likeness (QED) is 0.0179. The molecule has 0 fully saturated rings. The Morgan fingerprint density at radius 2 is 1.40 bits per heavy atom. The second-order valence-electron chi connectivity index (χ2n) is 17.4. The number of benzene rings is 4. The third-order valence-electron chi connectivity index (χ3n) is 11.9. The number of pyridine rings is 1. The van der Waals surface area contributed by atoms with Crippen LogP contribution in [0.15, 0.2) is 92.7 Å². The average molecular weight is 1240 g/mol. The van der Waals surface area contributed by atoms with E-state index in [1.807, 2.05) is 6.08 Å². The fraction of sp³-hybridized carbons (Fsp3) is 0.267. The first-order chi connectivity index (χ1) is 37.4. The van der Waals surface area contributed by atoms with Crippen molar-refractivity contribution in [1.29, 1.82) is 5.26 Å². The molecule has 1 aliphatic rings. The van der Waals surface area contributed by atoms with Crippen molar-refractivity contribution in [2.75, 3.05) is 31.0 Å². The number of aryl methyl sites for hydroxylation is 3. The van der Waals surface area contributed by atoms with Crippen LogP contribution >= 0.6 is 23.1 Å². The maximum atomic E-state index is 12.8. The van der Waals surface area contributed by atoms with Crippen molar-refractivity contribution in [2.45, 2.75) is 66.0 Å². The van der Waals surface area contributed by atoms with E-state index >= 15 is 0 Å². The standard InChI is InChI=1S/C45H42N10O18S7/c1-22-15-31(51-53-38-24(3)27(21-46)43-47-28-9-5-6-10-33(28)55(43)44(38)56)34(73-11-7-13-76(57,58)59)19-29(22)49-52-32-16-23(2)30(20-35(32)74-12-8-14-77(60,61)62)50-54-45-48-39-40(72-4)42(80(69,70)71)26-17-25(78(63,64)65)18-36(79(66,67)68)37(26)41(39)75-45/h6,10,15-20,56H,5,7-9,11-14H2,1-4H3,(H,57,58,59)(H,60,61,62)(H,63,64,65)(H,66,67,68)(H,69,70,71). The van der Waals surface area contributed by atoms with Crippen molar-refractivity contribution >= 4 is 140 Å². The molecule has 8 rings (SSSR count). The molecule has 0 saturated heterocycles. The number of thioether (sulfide) groups is 1. The first kappa shape index (κ1) is 59.2. The summed E-state index contributed by atoms with van der Waals surface area (Å²) in [4.78, 5) is 5.66. The molecule has 28 nitrogen and oxygen atoms in total. The zero-order valence-corrected chi connectivity index (χ0v) is 47.4. The third kappa shape index (κ3) is 12.8. The fourth-order valence-corrected chi connectivity index (χ4v) is 13.6. The van der Waals surface area contributed by atoms with E-state index in [1.165, 1.54) is 28.7 Å². The highest BCUT2D eigenvalue weighted by Gasteiger charge is 2.33. The van der Waals surface area contributed by atoms with Crippen molar-refractivity contribution in [3.63, 3.8) is 0 Å². The van der Waals surface area contributed by atoms with Crippen LogP contribution in [0.25, 0.3) is 32.7 Å². The van der Waals surface area contributed by atoms with E-state index in [4.69, 9.17) is 9.47 Å². The van der Waals surface area contributed by atoms with Gasteiger partial charge in [0.15, 0.2) is 17.1 Å². The van der Waals surface area contributed by atoms with Crippen molar-refractivity contribution in [2.24, 2.45) is 30.7 Å². The van der Waals surface area contributed by atoms with Crippen LogP contribution in [0.5, 0.6) is 17.4 Å². The Labute approximate surface area is 463 Å². The second kappa shape index (κ2) is 22.5. The first-order valence-electron chi connectivity index (χ1n) is 22.8. The highest BCUT2D eigenvalue weighted by Crippen LogP contribution is 2.48. The Kier molecular flexibility index (Phi) is 16.7. The number of methoxy groups -OCH3 is 1. The second-order valence-corrected chi connectivity index (χ2v) is 26.9. The molecule has 3 aromatic heterocycles. The van der Waals surface area contributed by atoms with E-state index in [0.717, 1.165) is 25.3 Å². The van der Waals surface area contributed by atoms with Crippen LogP contribution in [0.4, 0.5) is 33.6 Å². The van der Waals surface area contributed by atoms with Gasteiger partial charge in [0.2, 0.25) is 11.0 Å². The Bertz CT molecular complexity index is 4520. The Morgan fingerprint density at radius 3 is 2.04 bits per heavy atom. The highest BCUT2D eigenvalue weighted by atomic mass is 32.2. The minimum absolute atomic E-state index is 0.00352. The number of hydrogen-bond donors (Lipinski definition) is 6. The van der Waals surface area contributed by atoms with Crippen LogP contribution in [0.3, 0.4) is 0 Å². The van der Waals surface area contributed by atoms with Crippen molar-refractivity contribution < 1.29 is 79.4 Å². The third-order valence-corrected chi connectivity index (χ3v) is 18.2. The predicted molar refractivity (Wildman–Crippen MR) is 290 cm³/mol. The lowest BCUT2D eigenvalue weighted by molar-refractivity contribution is 0.317. The summed E-state index contributed by atoms with van der Waals surface area (Å²) in [5.74, 6) is -2.17. The number of rotatable bonds is 20. The van der Waals surface area contributed by atoms with Crippen molar-refractivity contribution in [1.82, 2.24) is 14.4 Å². The number of allylic oxidation sites excluding steroid dienone is 1. The van der Waals surface area contributed by atoms with Gasteiger partial charge in [0, 0.05) is 27.3 Å². The number of nitriles is 1. The topological polar surface area (TPSA) is 439 Å². The Balaban J connectivity index is 1.20. The number of fused-ring (bicyclic) bond motifs is 6. The summed E-state index contributed by atoms with van der Waals surface area (Å²) < 4.78 is 183. The van der Waals surface area contributed by atoms with Gasteiger partial charge in [0.05, 0.1) is 63.3 Å². The van der Waals surface area contributed by atoms with Crippen molar-refractivity contribution in [3.8, 4) is 23.4 Å². The van der Waals surface area contributed by atoms with Crippen molar-refractivity contribution in [3.05, 3.63) is 76.1 Å². The number of ether oxygens (including phenoxy) is 2. The summed E-state index contributed by atoms with van der Waals surface area (Å²) in [5.41, 5.74) is 2.85. The average Bonchev–Trinajstić information content (AvgIpc) is 4.04. The molecule has 7 aromatic rings. The summed E-state index contributed by atoms with van der Waals surface area (Å²) in [6.07, 6.45) is 4.80. The summed E-state index contributed by atoms with van der Waals surface area (Å²) in [6.45, 7) is 4.56. The summed E-state index contributed by atoms with van der Waals surface area (Å²) >= 11 is 1.65. The van der Waals surface area contributed by atoms with E-state index in [0.29, 0.717) is 57.3 Å². The Hall–Kier alpha value is -6.95. The van der Waals surface area contributed by atoms with Gasteiger partial charge in [-0.05, 0) is 99.7 Å². The van der Waals surface area contributed by atoms with E-state index in [-0.39, 0.29) is 91.9 Å². The molecule has 1 aliphatic carbocycles. The summed E-state index contributed by atoms with van der Waals surface area (Å²) in [7, 11) is -23.9. The zero-order valence-electron chi connectivity index (χ0n) is 41.7. The van der Waals surface area contributed by atoms with Gasteiger partial charge in [0.25, 0.3) is 50.6 Å². The number of imidazole rings is 1. The van der Waals surface area contributed by atoms with Crippen LogP contribution < -0.4 is 9.47 Å². The molecule has 35 heteroatoms. The van der Waals surface area contributed by atoms with Gasteiger partial charge in [0.1, 0.15) is 38.4 Å². The van der Waals surface area contributed by atoms with Crippen LogP contribution in [-0.2, 0) is 57.0 Å². The molecule has 0 saturated carbocycles. The lowest BCUT2D eigenvalue weighted by Gasteiger charge is -2.14. The monoisotopic (exact) mass is 1230 g/mol. The maximum Gasteiger partial charge on any atom is 0.298 e. The van der Waals surface area contributed by atoms with Crippen LogP contribution in [-0.4, -0.2) is 115 Å². The number of hydrogen-bond acceptors (Lipinski definition) is 24. The molecule has 0 unspecified atom stereocenters. The first-order valence-corrected chi connectivity index (χ1v) is 32.2. The van der Waals surface area contributed by atoms with Gasteiger partial charge < -0.3 is 14.6 Å². The SMILES string of the molecule is COc1c(S(=O)(=O)O)c2cc(S(=O)(=O)O)cc(S(=O)(=O)O)c2c2sc(N=Nc3cc(SCCCS(=O)(=O)O)c(N=Nc4cc(OCCCS(=O)(=O)O)c(N=Nc5c(C)c(C#N)c6nc7c(n6c5O)C=CCC7)cc4C)cc3C)nc12. The van der Waals surface area contributed by atoms with Gasteiger partial charge in [-0.2, -0.15) is 52.5 Å². The minimum Gasteiger partial charge on any atom is -0.493 e. The molecule has 0 spiro atoms. The van der Waals surface area contributed by atoms with Gasteiger partial charge in [-0.1, -0.05) is 17.4 Å². The molecule has 80 heavy (non-hydrogen) atoms. The molecule has 422 valence electrons. The number of thiazole rings is 1. The number of nitrogens with zero attached hydrogens (tertiary/aromatic N) is 10. The van der Waals surface area contributed by atoms with Gasteiger partial charge in [-0.25, -0.2) is 9.97 Å². The molecule has 0 radical (unpaired) electrons. The molecule has 0 bridgehead atoms. The lowest BCUT2D eigenvalue weighted by Crippen LogP contribution is -2.08. The predicted octanol–water partition coefficient (Wildman–Crippen LogP) is 9.58. The molecular formula is C45H42N10O18S7. The minimum atomic E-state index is -5.42. The van der Waals surface area contributed by atoms with E-state index in [2.05, 4.69) is 46.7 Å². The summed E-state index contributed by atoms with van der Waals surface area (Å²) in [6, 6.07) is 9.00. The number of aromatic hydroxyl groups is 1. The van der Waals surface area contributed by atoms with Gasteiger partial charge >= 0.3 is 0 Å². The molecule has 0 atom stereocenters. The molecule has 4 aromatic carbocycles. The maximum absolute atomic E-state index is 12.8. The molecule has 0 amide bonds. The largest absolute Gasteiger partial charge is 0.493 e. The van der Waals surface area contributed by atoms with E-state index in [1.54, 1.807) is 26.8 Å². The zero-order chi connectivity index (χ0) is 58.4. The normalized spacial score (nSPS) is 13.7. The Morgan fingerprint density at radius 1 is 0.762 bits per heavy atom. The van der Waals surface area contributed by atoms with Crippen LogP contribution in [0.1, 0.15) is 52.9 Å². The summed E-state index contributed by atoms with van der Waals surface area (Å²) in [5, 5.41) is 46.1. The number of aromatic nitrogens is 3. The smallest absolute Gasteiger partial charge is 0.298 e. The van der Waals surface area contributed by atoms with Gasteiger partial charge in [-0.3, -0.25) is 27.2 Å². The number of azo groups is 3.